The van der Waals surface area contributed by atoms with E-state index in [1.165, 1.54) is 0 Å². The number of benzene rings is 1. The Labute approximate surface area is 127 Å². The van der Waals surface area contributed by atoms with Gasteiger partial charge in [-0.2, -0.15) is 5.26 Å². The normalized spacial score (nSPS) is 11.7. The number of carbonyl (C=O) groups excluding carboxylic acids is 1. The Hall–Kier alpha value is -1.86. The highest BCUT2D eigenvalue weighted by Gasteiger charge is 2.16. The van der Waals surface area contributed by atoms with E-state index in [0.717, 1.165) is 24.9 Å². The molecule has 4 nitrogen and oxygen atoms in total. The van der Waals surface area contributed by atoms with Crippen LogP contribution in [0.25, 0.3) is 0 Å². The molecule has 0 saturated heterocycles. The van der Waals surface area contributed by atoms with E-state index in [4.69, 9.17) is 11.0 Å². The molecule has 1 atom stereocenters. The van der Waals surface area contributed by atoms with Crippen LogP contribution in [0, 0.1) is 17.2 Å². The van der Waals surface area contributed by atoms with Crippen LogP contribution in [-0.4, -0.2) is 19.0 Å². The van der Waals surface area contributed by atoms with Crippen LogP contribution in [0.4, 0.5) is 5.69 Å². The Morgan fingerprint density at radius 1 is 1.33 bits per heavy atom. The molecule has 4 heteroatoms. The van der Waals surface area contributed by atoms with Gasteiger partial charge >= 0.3 is 0 Å². The van der Waals surface area contributed by atoms with Gasteiger partial charge < -0.3 is 10.6 Å². The molecule has 1 aromatic rings. The summed E-state index contributed by atoms with van der Waals surface area (Å²) in [7, 11) is 0. The molecule has 21 heavy (non-hydrogen) atoms. The lowest BCUT2D eigenvalue weighted by Crippen LogP contribution is -2.32. The number of para-hydroxylation sites is 1. The Morgan fingerprint density at radius 3 is 2.62 bits per heavy atom. The number of carbonyl (C=O) groups is 1. The zero-order chi connectivity index (χ0) is 15.5. The third kappa shape index (κ3) is 5.97. The molecule has 2 N–H and O–H groups in total. The molecule has 0 aliphatic rings. The molecule has 0 aromatic heterocycles. The van der Waals surface area contributed by atoms with Gasteiger partial charge in [0.25, 0.3) is 0 Å². The number of hydrogen-bond donors (Lipinski definition) is 1. The molecule has 0 spiro atoms. The molecule has 0 fully saturated rings. The molecule has 0 saturated carbocycles. The van der Waals surface area contributed by atoms with Gasteiger partial charge in [-0.25, -0.2) is 0 Å². The second-order valence-corrected chi connectivity index (χ2v) is 5.18. The van der Waals surface area contributed by atoms with Gasteiger partial charge in [-0.3, -0.25) is 4.79 Å². The molecule has 0 heterocycles. The van der Waals surface area contributed by atoms with E-state index in [1.54, 1.807) is 4.90 Å². The van der Waals surface area contributed by atoms with Crippen molar-refractivity contribution in [2.45, 2.75) is 39.0 Å². The van der Waals surface area contributed by atoms with Crippen molar-refractivity contribution in [2.24, 2.45) is 11.7 Å². The van der Waals surface area contributed by atoms with Gasteiger partial charge in [-0.1, -0.05) is 31.5 Å². The summed E-state index contributed by atoms with van der Waals surface area (Å²) in [5.74, 6) is 0.597. The Balaban J connectivity index is 2.66. The lowest BCUT2D eigenvalue weighted by molar-refractivity contribution is -0.118. The fourth-order valence-electron chi connectivity index (χ4n) is 2.42. The highest BCUT2D eigenvalue weighted by Crippen LogP contribution is 2.19. The van der Waals surface area contributed by atoms with Gasteiger partial charge in [-0.05, 0) is 37.4 Å². The maximum atomic E-state index is 12.5. The number of amides is 1. The summed E-state index contributed by atoms with van der Waals surface area (Å²) in [6, 6.07) is 11.7. The Morgan fingerprint density at radius 2 is 2.05 bits per heavy atom. The van der Waals surface area contributed by atoms with Crippen molar-refractivity contribution < 1.29 is 4.79 Å². The molecule has 114 valence electrons. The number of hydrogen-bond acceptors (Lipinski definition) is 3. The van der Waals surface area contributed by atoms with Crippen molar-refractivity contribution in [2.75, 3.05) is 18.0 Å². The van der Waals surface area contributed by atoms with Gasteiger partial charge in [0.2, 0.25) is 5.91 Å². The summed E-state index contributed by atoms with van der Waals surface area (Å²) in [6.07, 6.45) is 3.74. The minimum absolute atomic E-state index is 0.0897. The third-order valence-electron chi connectivity index (χ3n) is 3.73. The SMILES string of the molecule is CCC(CCN)CCC(=O)N(CCC#N)c1ccccc1. The highest BCUT2D eigenvalue weighted by atomic mass is 16.2. The van der Waals surface area contributed by atoms with Gasteiger partial charge in [0.1, 0.15) is 0 Å². The number of nitriles is 1. The van der Waals surface area contributed by atoms with Crippen molar-refractivity contribution in [3.05, 3.63) is 30.3 Å². The Kier molecular flexibility index (Phi) is 8.15. The first-order chi connectivity index (χ1) is 10.2. The van der Waals surface area contributed by atoms with Crippen LogP contribution in [0.5, 0.6) is 0 Å². The predicted octanol–water partition coefficient (Wildman–Crippen LogP) is 3.09. The molecule has 0 radical (unpaired) electrons. The predicted molar refractivity (Wildman–Crippen MR) is 85.7 cm³/mol. The van der Waals surface area contributed by atoms with Crippen LogP contribution in [-0.2, 0) is 4.79 Å². The van der Waals surface area contributed by atoms with E-state index < -0.39 is 0 Å². The highest BCUT2D eigenvalue weighted by molar-refractivity contribution is 5.93. The van der Waals surface area contributed by atoms with Crippen molar-refractivity contribution in [3.8, 4) is 6.07 Å². The van der Waals surface area contributed by atoms with E-state index in [0.29, 0.717) is 31.8 Å². The lowest BCUT2D eigenvalue weighted by Gasteiger charge is -2.23. The fourth-order valence-corrected chi connectivity index (χ4v) is 2.42. The molecule has 1 amide bonds. The van der Waals surface area contributed by atoms with Crippen molar-refractivity contribution in [1.82, 2.24) is 0 Å². The van der Waals surface area contributed by atoms with Crippen molar-refractivity contribution in [1.29, 1.82) is 5.26 Å². The van der Waals surface area contributed by atoms with Crippen LogP contribution in [0.15, 0.2) is 30.3 Å². The number of nitrogens with two attached hydrogens (primary N) is 1. The van der Waals surface area contributed by atoms with Crippen molar-refractivity contribution in [3.63, 3.8) is 0 Å². The molecule has 0 bridgehead atoms. The summed E-state index contributed by atoms with van der Waals surface area (Å²) in [5.41, 5.74) is 6.46. The van der Waals surface area contributed by atoms with Crippen LogP contribution < -0.4 is 10.6 Å². The molecular weight excluding hydrogens is 262 g/mol. The summed E-state index contributed by atoms with van der Waals surface area (Å²) in [6.45, 7) is 3.26. The summed E-state index contributed by atoms with van der Waals surface area (Å²) in [4.78, 5) is 14.2. The molecule has 1 unspecified atom stereocenters. The van der Waals surface area contributed by atoms with Crippen LogP contribution >= 0.6 is 0 Å². The van der Waals surface area contributed by atoms with Crippen LogP contribution in [0.3, 0.4) is 0 Å². The molecule has 1 aromatic carbocycles. The number of nitrogens with zero attached hydrogens (tertiary/aromatic N) is 2. The van der Waals surface area contributed by atoms with Gasteiger partial charge in [0, 0.05) is 18.7 Å². The Bertz CT molecular complexity index is 453. The maximum absolute atomic E-state index is 12.5. The first-order valence-electron chi connectivity index (χ1n) is 7.65. The minimum atomic E-state index is 0.0897. The minimum Gasteiger partial charge on any atom is -0.330 e. The van der Waals surface area contributed by atoms with E-state index in [1.807, 2.05) is 30.3 Å². The van der Waals surface area contributed by atoms with E-state index in [9.17, 15) is 4.79 Å². The fraction of sp³-hybridized carbons (Fsp3) is 0.529. The second kappa shape index (κ2) is 9.95. The number of rotatable bonds is 9. The summed E-state index contributed by atoms with van der Waals surface area (Å²) < 4.78 is 0. The zero-order valence-corrected chi connectivity index (χ0v) is 12.8. The monoisotopic (exact) mass is 287 g/mol. The molecular formula is C17H25N3O. The average molecular weight is 287 g/mol. The maximum Gasteiger partial charge on any atom is 0.227 e. The smallest absolute Gasteiger partial charge is 0.227 e. The molecule has 0 aliphatic heterocycles. The van der Waals surface area contributed by atoms with E-state index >= 15 is 0 Å². The molecule has 1 rings (SSSR count). The van der Waals surface area contributed by atoms with Gasteiger partial charge in [0.15, 0.2) is 0 Å². The van der Waals surface area contributed by atoms with Crippen molar-refractivity contribution >= 4 is 11.6 Å². The average Bonchev–Trinajstić information content (AvgIpc) is 2.52. The van der Waals surface area contributed by atoms with E-state index in [-0.39, 0.29) is 5.91 Å². The summed E-state index contributed by atoms with van der Waals surface area (Å²) >= 11 is 0. The zero-order valence-electron chi connectivity index (χ0n) is 12.8. The third-order valence-corrected chi connectivity index (χ3v) is 3.73. The standard InChI is InChI=1S/C17H25N3O/c1-2-15(11-13-19)9-10-17(21)20(14-6-12-18)16-7-4-3-5-8-16/h3-5,7-8,15H,2,6,9-11,13-14,19H2,1H3. The lowest BCUT2D eigenvalue weighted by atomic mass is 9.96. The largest absolute Gasteiger partial charge is 0.330 e. The van der Waals surface area contributed by atoms with Crippen LogP contribution in [0.1, 0.15) is 39.0 Å². The second-order valence-electron chi connectivity index (χ2n) is 5.18. The summed E-state index contributed by atoms with van der Waals surface area (Å²) in [5, 5.41) is 8.77. The van der Waals surface area contributed by atoms with Crippen LogP contribution in [0.2, 0.25) is 0 Å². The number of anilines is 1. The van der Waals surface area contributed by atoms with Gasteiger partial charge in [-0.15, -0.1) is 0 Å². The first kappa shape index (κ1) is 17.2. The first-order valence-corrected chi connectivity index (χ1v) is 7.65. The molecule has 0 aliphatic carbocycles. The van der Waals surface area contributed by atoms with E-state index in [2.05, 4.69) is 13.0 Å². The topological polar surface area (TPSA) is 70.1 Å². The van der Waals surface area contributed by atoms with Gasteiger partial charge in [0.05, 0.1) is 12.5 Å². The quantitative estimate of drug-likeness (QED) is 0.758.